The first-order valence-corrected chi connectivity index (χ1v) is 16.1. The van der Waals surface area contributed by atoms with E-state index >= 15 is 0 Å². The Bertz CT molecular complexity index is 1590. The normalized spacial score (nSPS) is 16.6. The van der Waals surface area contributed by atoms with Crippen LogP contribution in [-0.2, 0) is 30.6 Å². The van der Waals surface area contributed by atoms with Gasteiger partial charge < -0.3 is 5.32 Å². The zero-order valence-corrected chi connectivity index (χ0v) is 24.6. The maximum atomic E-state index is 13.1. The van der Waals surface area contributed by atoms with E-state index in [2.05, 4.69) is 10.0 Å². The number of benzene rings is 3. The van der Waals surface area contributed by atoms with Crippen LogP contribution in [0.5, 0.6) is 0 Å². The molecule has 3 aromatic carbocycles. The average molecular weight is 611 g/mol. The highest BCUT2D eigenvalue weighted by atomic mass is 35.5. The SMILES string of the molecule is Cc1ccc(C)c(NS(=O)(=O)c2ccc(NC(=O)C3CCCN(S(=O)(=O)Cc4ccc(Cl)cc4Cl)C3)cc2)c1. The summed E-state index contributed by atoms with van der Waals surface area (Å²) in [6.07, 6.45) is 1.07. The summed E-state index contributed by atoms with van der Waals surface area (Å²) in [5.41, 5.74) is 3.09. The largest absolute Gasteiger partial charge is 0.326 e. The summed E-state index contributed by atoms with van der Waals surface area (Å²) in [7, 11) is -7.54. The topological polar surface area (TPSA) is 113 Å². The second kappa shape index (κ2) is 11.9. The molecule has 1 atom stereocenters. The number of piperidine rings is 1. The standard InChI is InChI=1S/C27H29Cl2N3O5S2/c1-18-5-6-19(2)26(14-18)31-39(36,37)24-11-9-23(10-12-24)30-27(33)20-4-3-13-32(16-20)38(34,35)17-21-7-8-22(28)15-25(21)29/h5-12,14-15,20,31H,3-4,13,16-17H2,1-2H3,(H,30,33). The molecule has 0 radical (unpaired) electrons. The fraction of sp³-hybridized carbons (Fsp3) is 0.296. The number of carbonyl (C=O) groups is 1. The molecule has 1 saturated heterocycles. The predicted octanol–water partition coefficient (Wildman–Crippen LogP) is 5.59. The van der Waals surface area contributed by atoms with E-state index in [1.165, 1.54) is 34.6 Å². The lowest BCUT2D eigenvalue weighted by molar-refractivity contribution is -0.120. The van der Waals surface area contributed by atoms with Crippen molar-refractivity contribution in [3.8, 4) is 0 Å². The minimum atomic E-state index is -3.83. The van der Waals surface area contributed by atoms with Gasteiger partial charge in [-0.15, -0.1) is 0 Å². The number of nitrogens with zero attached hydrogens (tertiary/aromatic N) is 1. The fourth-order valence-electron chi connectivity index (χ4n) is 4.35. The van der Waals surface area contributed by atoms with Gasteiger partial charge >= 0.3 is 0 Å². The molecule has 0 aliphatic carbocycles. The summed E-state index contributed by atoms with van der Waals surface area (Å²) in [4.78, 5) is 13.0. The number of nitrogens with one attached hydrogen (secondary N) is 2. The maximum Gasteiger partial charge on any atom is 0.261 e. The van der Waals surface area contributed by atoms with Gasteiger partial charge in [-0.25, -0.2) is 21.1 Å². The van der Waals surface area contributed by atoms with Crippen molar-refractivity contribution in [1.82, 2.24) is 4.31 Å². The Morgan fingerprint density at radius 3 is 2.38 bits per heavy atom. The first-order chi connectivity index (χ1) is 18.3. The molecule has 2 N–H and O–H groups in total. The molecule has 0 spiro atoms. The predicted molar refractivity (Wildman–Crippen MR) is 155 cm³/mol. The Hall–Kier alpha value is -2.63. The zero-order chi connectivity index (χ0) is 28.4. The lowest BCUT2D eigenvalue weighted by Crippen LogP contribution is -2.44. The van der Waals surface area contributed by atoms with E-state index in [0.717, 1.165) is 11.1 Å². The average Bonchev–Trinajstić information content (AvgIpc) is 2.88. The van der Waals surface area contributed by atoms with Gasteiger partial charge in [0.15, 0.2) is 0 Å². The molecule has 1 heterocycles. The van der Waals surface area contributed by atoms with Crippen molar-refractivity contribution >= 4 is 60.5 Å². The summed E-state index contributed by atoms with van der Waals surface area (Å²) in [5, 5.41) is 3.47. The highest BCUT2D eigenvalue weighted by Gasteiger charge is 2.33. The minimum Gasteiger partial charge on any atom is -0.326 e. The molecule has 12 heteroatoms. The Labute approximate surface area is 239 Å². The van der Waals surface area contributed by atoms with Crippen molar-refractivity contribution in [2.45, 2.75) is 37.3 Å². The second-order valence-electron chi connectivity index (χ2n) is 9.63. The summed E-state index contributed by atoms with van der Waals surface area (Å²) in [5.74, 6) is -1.17. The molecule has 208 valence electrons. The number of amides is 1. The van der Waals surface area contributed by atoms with Crippen molar-refractivity contribution in [2.24, 2.45) is 5.92 Å². The van der Waals surface area contributed by atoms with Crippen LogP contribution in [0.4, 0.5) is 11.4 Å². The van der Waals surface area contributed by atoms with Gasteiger partial charge in [0.2, 0.25) is 15.9 Å². The molecule has 3 aromatic rings. The lowest BCUT2D eigenvalue weighted by Gasteiger charge is -2.31. The number of anilines is 2. The Balaban J connectivity index is 1.40. The second-order valence-corrected chi connectivity index (χ2v) is 14.1. The Kier molecular flexibility index (Phi) is 8.92. The molecule has 8 nitrogen and oxygen atoms in total. The van der Waals surface area contributed by atoms with E-state index in [4.69, 9.17) is 23.2 Å². The lowest BCUT2D eigenvalue weighted by atomic mass is 9.99. The molecule has 1 unspecified atom stereocenters. The van der Waals surface area contributed by atoms with Gasteiger partial charge in [-0.1, -0.05) is 41.4 Å². The number of carbonyl (C=O) groups excluding carboxylic acids is 1. The molecule has 0 saturated carbocycles. The maximum absolute atomic E-state index is 13.1. The van der Waals surface area contributed by atoms with Crippen LogP contribution < -0.4 is 10.0 Å². The minimum absolute atomic E-state index is 0.0472. The van der Waals surface area contributed by atoms with E-state index in [1.807, 2.05) is 26.0 Å². The number of hydrogen-bond acceptors (Lipinski definition) is 5. The van der Waals surface area contributed by atoms with Crippen molar-refractivity contribution in [3.63, 3.8) is 0 Å². The molecular formula is C27H29Cl2N3O5S2. The first-order valence-electron chi connectivity index (χ1n) is 12.3. The highest BCUT2D eigenvalue weighted by molar-refractivity contribution is 7.92. The van der Waals surface area contributed by atoms with Crippen LogP contribution in [0.1, 0.15) is 29.5 Å². The molecule has 1 fully saturated rings. The van der Waals surface area contributed by atoms with Gasteiger partial charge in [0.1, 0.15) is 0 Å². The van der Waals surface area contributed by atoms with Crippen LogP contribution in [0, 0.1) is 19.8 Å². The van der Waals surface area contributed by atoms with Crippen LogP contribution in [0.15, 0.2) is 65.6 Å². The number of aryl methyl sites for hydroxylation is 2. The molecule has 1 amide bonds. The smallest absolute Gasteiger partial charge is 0.261 e. The third-order valence-electron chi connectivity index (χ3n) is 6.57. The van der Waals surface area contributed by atoms with Crippen molar-refractivity contribution in [3.05, 3.63) is 87.4 Å². The molecule has 39 heavy (non-hydrogen) atoms. The molecule has 0 aromatic heterocycles. The Morgan fingerprint density at radius 2 is 1.69 bits per heavy atom. The zero-order valence-electron chi connectivity index (χ0n) is 21.4. The van der Waals surface area contributed by atoms with Gasteiger partial charge in [-0.2, -0.15) is 0 Å². The number of rotatable bonds is 8. The Morgan fingerprint density at radius 1 is 0.974 bits per heavy atom. The number of halogens is 2. The quantitative estimate of drug-likeness (QED) is 0.345. The van der Waals surface area contributed by atoms with Crippen LogP contribution >= 0.6 is 23.2 Å². The first kappa shape index (κ1) is 29.4. The fourth-order valence-corrected chi connectivity index (χ4v) is 7.66. The van der Waals surface area contributed by atoms with E-state index in [1.54, 1.807) is 18.2 Å². The van der Waals surface area contributed by atoms with E-state index in [-0.39, 0.29) is 28.1 Å². The van der Waals surface area contributed by atoms with E-state index in [9.17, 15) is 21.6 Å². The summed E-state index contributed by atoms with van der Waals surface area (Å²) < 4.78 is 55.8. The van der Waals surface area contributed by atoms with Crippen molar-refractivity contribution in [2.75, 3.05) is 23.1 Å². The molecule has 0 bridgehead atoms. The van der Waals surface area contributed by atoms with Gasteiger partial charge in [0, 0.05) is 28.8 Å². The molecular weight excluding hydrogens is 581 g/mol. The summed E-state index contributed by atoms with van der Waals surface area (Å²) in [6.45, 7) is 4.06. The third-order valence-corrected chi connectivity index (χ3v) is 10.3. The molecule has 1 aliphatic rings. The van der Waals surface area contributed by atoms with E-state index < -0.39 is 26.0 Å². The van der Waals surface area contributed by atoms with Crippen molar-refractivity contribution < 1.29 is 21.6 Å². The van der Waals surface area contributed by atoms with Crippen LogP contribution in [0.25, 0.3) is 0 Å². The van der Waals surface area contributed by atoms with Crippen molar-refractivity contribution in [1.29, 1.82) is 0 Å². The van der Waals surface area contributed by atoms with Gasteiger partial charge in [-0.05, 0) is 85.8 Å². The summed E-state index contributed by atoms with van der Waals surface area (Å²) >= 11 is 12.1. The van der Waals surface area contributed by atoms with Crippen LogP contribution in [-0.4, -0.2) is 40.1 Å². The number of sulfonamides is 2. The summed E-state index contributed by atoms with van der Waals surface area (Å²) in [6, 6.07) is 16.0. The van der Waals surface area contributed by atoms with Crippen LogP contribution in [0.2, 0.25) is 10.0 Å². The highest BCUT2D eigenvalue weighted by Crippen LogP contribution is 2.27. The van der Waals surface area contributed by atoms with Crippen LogP contribution in [0.3, 0.4) is 0 Å². The van der Waals surface area contributed by atoms with E-state index in [0.29, 0.717) is 41.3 Å². The number of hydrogen-bond donors (Lipinski definition) is 2. The van der Waals surface area contributed by atoms with Gasteiger partial charge in [0.05, 0.1) is 22.3 Å². The third kappa shape index (κ3) is 7.32. The van der Waals surface area contributed by atoms with Gasteiger partial charge in [-0.3, -0.25) is 9.52 Å². The van der Waals surface area contributed by atoms with Gasteiger partial charge in [0.25, 0.3) is 10.0 Å². The monoisotopic (exact) mass is 609 g/mol. The molecule has 1 aliphatic heterocycles. The molecule has 4 rings (SSSR count).